The first-order valence-corrected chi connectivity index (χ1v) is 10.8. The molecule has 1 N–H and O–H groups in total. The first-order valence-electron chi connectivity index (χ1n) is 9.98. The van der Waals surface area contributed by atoms with Gasteiger partial charge in [0.1, 0.15) is 18.1 Å². The lowest BCUT2D eigenvalue weighted by molar-refractivity contribution is -0.114. The number of benzene rings is 3. The molecule has 1 aliphatic rings. The van der Waals surface area contributed by atoms with Crippen LogP contribution < -0.4 is 9.64 Å². The van der Waals surface area contributed by atoms with E-state index in [1.54, 1.807) is 48.4 Å². The molecule has 1 heterocycles. The van der Waals surface area contributed by atoms with E-state index in [9.17, 15) is 9.59 Å². The van der Waals surface area contributed by atoms with Crippen LogP contribution in [-0.2, 0) is 11.4 Å². The van der Waals surface area contributed by atoms with Crippen molar-refractivity contribution in [2.75, 3.05) is 11.9 Å². The Morgan fingerprint density at radius 1 is 1.09 bits per heavy atom. The number of aromatic carboxylic acids is 1. The molecule has 0 atom stereocenters. The van der Waals surface area contributed by atoms with E-state index in [2.05, 4.69) is 0 Å². The minimum absolute atomic E-state index is 0.213. The topological polar surface area (TPSA) is 70.1 Å². The normalized spacial score (nSPS) is 14.8. The van der Waals surface area contributed by atoms with Crippen molar-refractivity contribution < 1.29 is 19.4 Å². The molecule has 4 rings (SSSR count). The summed E-state index contributed by atoms with van der Waals surface area (Å²) in [5, 5.41) is 9.77. The zero-order valence-electron chi connectivity index (χ0n) is 17.6. The second-order valence-corrected chi connectivity index (χ2v) is 8.10. The predicted molar refractivity (Wildman–Crippen MR) is 131 cm³/mol. The number of halogens is 1. The summed E-state index contributed by atoms with van der Waals surface area (Å²) in [5.41, 5.74) is 2.90. The lowest BCUT2D eigenvalue weighted by Crippen LogP contribution is -2.30. The molecule has 166 valence electrons. The van der Waals surface area contributed by atoms with Gasteiger partial charge in [-0.1, -0.05) is 48.0 Å². The average Bonchev–Trinajstić information content (AvgIpc) is 3.02. The van der Waals surface area contributed by atoms with Crippen molar-refractivity contribution in [3.8, 4) is 5.75 Å². The molecule has 0 spiro atoms. The molecule has 0 aliphatic carbocycles. The first-order chi connectivity index (χ1) is 15.8. The van der Waals surface area contributed by atoms with Crippen LogP contribution in [-0.4, -0.2) is 34.0 Å². The van der Waals surface area contributed by atoms with Gasteiger partial charge in [-0.3, -0.25) is 9.69 Å². The Kier molecular flexibility index (Phi) is 6.44. The van der Waals surface area contributed by atoms with Crippen LogP contribution in [0.3, 0.4) is 0 Å². The van der Waals surface area contributed by atoms with Crippen LogP contribution in [0.1, 0.15) is 21.5 Å². The zero-order valence-corrected chi connectivity index (χ0v) is 19.1. The van der Waals surface area contributed by atoms with Crippen LogP contribution >= 0.6 is 23.8 Å². The van der Waals surface area contributed by atoms with E-state index < -0.39 is 5.97 Å². The number of carboxylic acids is 1. The van der Waals surface area contributed by atoms with E-state index in [1.165, 1.54) is 17.0 Å². The molecule has 3 aromatic rings. The highest BCUT2D eigenvalue weighted by Gasteiger charge is 2.36. The van der Waals surface area contributed by atoms with E-state index in [-0.39, 0.29) is 18.1 Å². The van der Waals surface area contributed by atoms with Gasteiger partial charge in [-0.25, -0.2) is 4.79 Å². The van der Waals surface area contributed by atoms with E-state index in [0.717, 1.165) is 11.1 Å². The van der Waals surface area contributed by atoms with Crippen molar-refractivity contribution in [2.45, 2.75) is 6.61 Å². The van der Waals surface area contributed by atoms with Crippen molar-refractivity contribution in [2.24, 2.45) is 0 Å². The van der Waals surface area contributed by atoms with E-state index in [0.29, 0.717) is 27.3 Å². The van der Waals surface area contributed by atoms with Gasteiger partial charge in [0.2, 0.25) is 0 Å². The van der Waals surface area contributed by atoms with Crippen molar-refractivity contribution in [1.29, 1.82) is 0 Å². The molecule has 0 unspecified atom stereocenters. The Morgan fingerprint density at radius 2 is 1.79 bits per heavy atom. The monoisotopic (exact) mass is 478 g/mol. The molecule has 0 bridgehead atoms. The minimum Gasteiger partial charge on any atom is -0.487 e. The van der Waals surface area contributed by atoms with Crippen molar-refractivity contribution in [3.63, 3.8) is 0 Å². The molecule has 1 fully saturated rings. The lowest BCUT2D eigenvalue weighted by atomic mass is 10.1. The summed E-state index contributed by atoms with van der Waals surface area (Å²) >= 11 is 11.9. The number of likely N-dealkylation sites (N-methyl/N-ethyl adjacent to an activating group) is 1. The highest BCUT2D eigenvalue weighted by molar-refractivity contribution is 7.80. The summed E-state index contributed by atoms with van der Waals surface area (Å²) in [6.07, 6.45) is 1.73. The average molecular weight is 479 g/mol. The van der Waals surface area contributed by atoms with Gasteiger partial charge < -0.3 is 14.7 Å². The van der Waals surface area contributed by atoms with Crippen LogP contribution in [0.2, 0.25) is 5.02 Å². The molecule has 3 aromatic carbocycles. The Hall–Kier alpha value is -3.68. The molecule has 1 aliphatic heterocycles. The SMILES string of the molecule is CN1C(=S)N(c2ccccc2)C(=O)/C1=C/c1ccc(OCc2ccc(C(=O)O)cc2)c(Cl)c1. The van der Waals surface area contributed by atoms with Gasteiger partial charge in [0, 0.05) is 7.05 Å². The molecule has 0 saturated carbocycles. The largest absolute Gasteiger partial charge is 0.487 e. The fourth-order valence-electron chi connectivity index (χ4n) is 3.35. The maximum atomic E-state index is 13.0. The standard InChI is InChI=1S/C25H19ClN2O4S/c1-27-21(23(29)28(25(27)33)19-5-3-2-4-6-19)14-17-9-12-22(20(26)13-17)32-15-16-7-10-18(11-8-16)24(30)31/h2-14H,15H2,1H3,(H,30,31)/b21-14-. The number of nitrogens with zero attached hydrogens (tertiary/aromatic N) is 2. The van der Waals surface area contributed by atoms with Gasteiger partial charge in [-0.05, 0) is 65.8 Å². The predicted octanol–water partition coefficient (Wildman–Crippen LogP) is 5.22. The summed E-state index contributed by atoms with van der Waals surface area (Å²) in [6.45, 7) is 0.238. The summed E-state index contributed by atoms with van der Waals surface area (Å²) in [7, 11) is 1.75. The summed E-state index contributed by atoms with van der Waals surface area (Å²) in [5.74, 6) is -0.710. The van der Waals surface area contributed by atoms with Crippen LogP contribution in [0.5, 0.6) is 5.75 Å². The maximum Gasteiger partial charge on any atom is 0.335 e. The highest BCUT2D eigenvalue weighted by Crippen LogP contribution is 2.30. The molecular formula is C25H19ClN2O4S. The number of anilines is 1. The number of carbonyl (C=O) groups is 2. The number of hydrogen-bond donors (Lipinski definition) is 1. The fourth-order valence-corrected chi connectivity index (χ4v) is 3.88. The Morgan fingerprint density at radius 3 is 2.42 bits per heavy atom. The number of thiocarbonyl (C=S) groups is 1. The molecule has 1 amide bonds. The Bertz CT molecular complexity index is 1260. The molecule has 33 heavy (non-hydrogen) atoms. The summed E-state index contributed by atoms with van der Waals surface area (Å²) < 4.78 is 5.78. The minimum atomic E-state index is -0.978. The lowest BCUT2D eigenvalue weighted by Gasteiger charge is -2.16. The van der Waals surface area contributed by atoms with Gasteiger partial charge in [-0.2, -0.15) is 0 Å². The van der Waals surface area contributed by atoms with Crippen LogP contribution in [0.15, 0.2) is 78.5 Å². The van der Waals surface area contributed by atoms with Crippen LogP contribution in [0.4, 0.5) is 5.69 Å². The van der Waals surface area contributed by atoms with Gasteiger partial charge >= 0.3 is 5.97 Å². The fraction of sp³-hybridized carbons (Fsp3) is 0.0800. The van der Waals surface area contributed by atoms with Gasteiger partial charge in [0.25, 0.3) is 5.91 Å². The molecule has 0 radical (unpaired) electrons. The van der Waals surface area contributed by atoms with E-state index in [4.69, 9.17) is 33.7 Å². The van der Waals surface area contributed by atoms with Crippen LogP contribution in [0, 0.1) is 0 Å². The van der Waals surface area contributed by atoms with Crippen molar-refractivity contribution in [3.05, 3.63) is 100 Å². The van der Waals surface area contributed by atoms with Gasteiger partial charge in [-0.15, -0.1) is 0 Å². The molecule has 0 aromatic heterocycles. The van der Waals surface area contributed by atoms with Gasteiger partial charge in [0.15, 0.2) is 5.11 Å². The molecule has 8 heteroatoms. The van der Waals surface area contributed by atoms with Crippen molar-refractivity contribution in [1.82, 2.24) is 4.90 Å². The number of carboxylic acid groups (broad SMARTS) is 1. The quantitative estimate of drug-likeness (QED) is 0.387. The smallest absolute Gasteiger partial charge is 0.335 e. The van der Waals surface area contributed by atoms with E-state index in [1.807, 2.05) is 30.3 Å². The maximum absolute atomic E-state index is 13.0. The van der Waals surface area contributed by atoms with E-state index >= 15 is 0 Å². The first kappa shape index (κ1) is 22.5. The molecule has 1 saturated heterocycles. The highest BCUT2D eigenvalue weighted by atomic mass is 35.5. The number of para-hydroxylation sites is 1. The van der Waals surface area contributed by atoms with Gasteiger partial charge in [0.05, 0.1) is 16.3 Å². The molecule has 6 nitrogen and oxygen atoms in total. The summed E-state index contributed by atoms with van der Waals surface area (Å²) in [6, 6.07) is 20.9. The number of amides is 1. The van der Waals surface area contributed by atoms with Crippen LogP contribution in [0.25, 0.3) is 6.08 Å². The third-order valence-electron chi connectivity index (χ3n) is 5.13. The number of ether oxygens (including phenoxy) is 1. The third kappa shape index (κ3) is 4.74. The Balaban J connectivity index is 1.50. The Labute approximate surface area is 201 Å². The molecular weight excluding hydrogens is 460 g/mol. The second kappa shape index (κ2) is 9.44. The number of rotatable bonds is 6. The second-order valence-electron chi connectivity index (χ2n) is 7.33. The summed E-state index contributed by atoms with van der Waals surface area (Å²) in [4.78, 5) is 27.2. The number of carbonyl (C=O) groups excluding carboxylic acids is 1. The zero-order chi connectivity index (χ0) is 23.5. The van der Waals surface area contributed by atoms with Crippen molar-refractivity contribution >= 4 is 52.6 Å². The number of hydrogen-bond acceptors (Lipinski definition) is 4. The third-order valence-corrected chi connectivity index (χ3v) is 5.88.